The van der Waals surface area contributed by atoms with Gasteiger partial charge in [-0.1, -0.05) is 26.3 Å². The fraction of sp³-hybridized carbons (Fsp3) is 0.667. The first-order valence-electron chi connectivity index (χ1n) is 9.53. The minimum atomic E-state index is -0.842. The number of fused-ring (bicyclic) bond motifs is 3. The zero-order chi connectivity index (χ0) is 17.4. The lowest BCUT2D eigenvalue weighted by Crippen LogP contribution is -2.47. The Morgan fingerprint density at radius 2 is 2.08 bits per heavy atom. The van der Waals surface area contributed by atoms with Gasteiger partial charge in [-0.3, -0.25) is 0 Å². The maximum Gasteiger partial charge on any atom is 0.335 e. The van der Waals surface area contributed by atoms with E-state index in [0.29, 0.717) is 11.5 Å². The number of carbonyl (C=O) groups is 1. The molecule has 0 amide bonds. The van der Waals surface area contributed by atoms with Crippen LogP contribution in [0.25, 0.3) is 0 Å². The van der Waals surface area contributed by atoms with Crippen LogP contribution in [-0.4, -0.2) is 21.8 Å². The number of benzene rings is 1. The van der Waals surface area contributed by atoms with E-state index in [9.17, 15) is 15.0 Å². The van der Waals surface area contributed by atoms with Gasteiger partial charge in [0.25, 0.3) is 0 Å². The van der Waals surface area contributed by atoms with Crippen molar-refractivity contribution in [2.24, 2.45) is 5.92 Å². The third kappa shape index (κ3) is 2.88. The van der Waals surface area contributed by atoms with Crippen LogP contribution in [0.3, 0.4) is 0 Å². The molecular formula is C21H30O3. The third-order valence-corrected chi connectivity index (χ3v) is 6.68. The summed E-state index contributed by atoms with van der Waals surface area (Å²) in [6.07, 6.45) is 8.96. The van der Waals surface area contributed by atoms with Crippen molar-refractivity contribution in [3.63, 3.8) is 0 Å². The molecule has 1 fully saturated rings. The van der Waals surface area contributed by atoms with E-state index < -0.39 is 11.6 Å². The highest BCUT2D eigenvalue weighted by molar-refractivity contribution is 5.88. The average molecular weight is 330 g/mol. The second kappa shape index (κ2) is 6.51. The molecule has 2 aliphatic rings. The van der Waals surface area contributed by atoms with E-state index in [2.05, 4.69) is 19.9 Å². The normalized spacial score (nSPS) is 32.5. The van der Waals surface area contributed by atoms with E-state index in [1.807, 2.05) is 6.07 Å². The standard InChI is InChI=1S/C21H30O3/c1-3-10-20(24)11-12-21(4-2)17(14-20)7-5-6-15-13-16(19(22)23)8-9-18(15)21/h8-9,13,17,24H,3-7,10-12,14H2,1-2H3,(H,22,23). The Hall–Kier alpha value is -1.35. The molecule has 3 unspecified atom stereocenters. The average Bonchev–Trinajstić information content (AvgIpc) is 2.70. The van der Waals surface area contributed by atoms with E-state index >= 15 is 0 Å². The van der Waals surface area contributed by atoms with Crippen LogP contribution >= 0.6 is 0 Å². The number of aliphatic hydroxyl groups is 1. The molecule has 2 aliphatic carbocycles. The maximum atomic E-state index is 11.3. The zero-order valence-corrected chi connectivity index (χ0v) is 15.0. The van der Waals surface area contributed by atoms with Crippen molar-refractivity contribution >= 4 is 5.97 Å². The predicted molar refractivity (Wildman–Crippen MR) is 95.5 cm³/mol. The summed E-state index contributed by atoms with van der Waals surface area (Å²) in [6.45, 7) is 4.41. The number of hydrogen-bond donors (Lipinski definition) is 2. The van der Waals surface area contributed by atoms with E-state index in [-0.39, 0.29) is 5.41 Å². The summed E-state index contributed by atoms with van der Waals surface area (Å²) in [5.41, 5.74) is 2.60. The Labute approximate surface area is 145 Å². The van der Waals surface area contributed by atoms with Gasteiger partial charge in [0.15, 0.2) is 0 Å². The first-order chi connectivity index (χ1) is 11.4. The van der Waals surface area contributed by atoms with Crippen molar-refractivity contribution in [3.05, 3.63) is 34.9 Å². The summed E-state index contributed by atoms with van der Waals surface area (Å²) in [6, 6.07) is 5.74. The number of carboxylic acid groups (broad SMARTS) is 1. The van der Waals surface area contributed by atoms with Gasteiger partial charge in [0.2, 0.25) is 0 Å². The van der Waals surface area contributed by atoms with Crippen LogP contribution in [0.15, 0.2) is 18.2 Å². The van der Waals surface area contributed by atoms with E-state index in [1.165, 1.54) is 11.1 Å². The van der Waals surface area contributed by atoms with E-state index in [0.717, 1.165) is 57.8 Å². The SMILES string of the molecule is CCCC1(O)CCC2(CC)c3ccc(C(=O)O)cc3CCCC2C1. The zero-order valence-electron chi connectivity index (χ0n) is 15.0. The molecule has 0 heterocycles. The summed E-state index contributed by atoms with van der Waals surface area (Å²) >= 11 is 0. The fourth-order valence-electron chi connectivity index (χ4n) is 5.46. The molecule has 3 rings (SSSR count). The highest BCUT2D eigenvalue weighted by atomic mass is 16.4. The molecule has 0 spiro atoms. The van der Waals surface area contributed by atoms with Gasteiger partial charge in [-0.2, -0.15) is 0 Å². The van der Waals surface area contributed by atoms with E-state index in [4.69, 9.17) is 0 Å². The van der Waals surface area contributed by atoms with Gasteiger partial charge in [-0.25, -0.2) is 4.79 Å². The largest absolute Gasteiger partial charge is 0.478 e. The Kier molecular flexibility index (Phi) is 4.74. The molecule has 3 heteroatoms. The number of hydrogen-bond acceptors (Lipinski definition) is 2. The molecule has 1 aromatic carbocycles. The van der Waals surface area contributed by atoms with Crippen molar-refractivity contribution in [2.45, 2.75) is 82.7 Å². The Morgan fingerprint density at radius 3 is 2.75 bits per heavy atom. The number of aryl methyl sites for hydroxylation is 1. The van der Waals surface area contributed by atoms with Gasteiger partial charge in [-0.05, 0) is 86.0 Å². The first kappa shape index (κ1) is 17.5. The van der Waals surface area contributed by atoms with Crippen LogP contribution in [0.1, 0.15) is 86.7 Å². The van der Waals surface area contributed by atoms with Crippen molar-refractivity contribution in [3.8, 4) is 0 Å². The summed E-state index contributed by atoms with van der Waals surface area (Å²) in [5, 5.41) is 20.3. The molecular weight excluding hydrogens is 300 g/mol. The van der Waals surface area contributed by atoms with Crippen LogP contribution in [0.4, 0.5) is 0 Å². The Morgan fingerprint density at radius 1 is 1.29 bits per heavy atom. The molecule has 132 valence electrons. The van der Waals surface area contributed by atoms with Gasteiger partial charge in [0.1, 0.15) is 0 Å². The summed E-state index contributed by atoms with van der Waals surface area (Å²) in [5.74, 6) is -0.338. The Balaban J connectivity index is 2.02. The fourth-order valence-corrected chi connectivity index (χ4v) is 5.46. The quantitative estimate of drug-likeness (QED) is 0.841. The molecule has 0 radical (unpaired) electrons. The molecule has 3 atom stereocenters. The third-order valence-electron chi connectivity index (χ3n) is 6.68. The van der Waals surface area contributed by atoms with Crippen molar-refractivity contribution in [1.82, 2.24) is 0 Å². The molecule has 2 N–H and O–H groups in total. The summed E-state index contributed by atoms with van der Waals surface area (Å²) in [4.78, 5) is 11.3. The minimum Gasteiger partial charge on any atom is -0.478 e. The smallest absolute Gasteiger partial charge is 0.335 e. The number of carboxylic acids is 1. The van der Waals surface area contributed by atoms with Crippen LogP contribution in [0, 0.1) is 5.92 Å². The molecule has 24 heavy (non-hydrogen) atoms. The molecule has 3 nitrogen and oxygen atoms in total. The van der Waals surface area contributed by atoms with Crippen LogP contribution in [0.5, 0.6) is 0 Å². The van der Waals surface area contributed by atoms with Gasteiger partial charge in [-0.15, -0.1) is 0 Å². The molecule has 0 bridgehead atoms. The molecule has 0 aliphatic heterocycles. The molecule has 0 saturated heterocycles. The molecule has 0 aromatic heterocycles. The molecule has 1 aromatic rings. The number of rotatable bonds is 4. The van der Waals surface area contributed by atoms with Gasteiger partial charge < -0.3 is 10.2 Å². The van der Waals surface area contributed by atoms with Crippen molar-refractivity contribution in [2.75, 3.05) is 0 Å². The minimum absolute atomic E-state index is 0.114. The van der Waals surface area contributed by atoms with Crippen LogP contribution < -0.4 is 0 Å². The maximum absolute atomic E-state index is 11.3. The highest BCUT2D eigenvalue weighted by Gasteiger charge is 2.49. The van der Waals surface area contributed by atoms with Crippen LogP contribution in [-0.2, 0) is 11.8 Å². The summed E-state index contributed by atoms with van der Waals surface area (Å²) in [7, 11) is 0. The van der Waals surface area contributed by atoms with Crippen molar-refractivity contribution < 1.29 is 15.0 Å². The first-order valence-corrected chi connectivity index (χ1v) is 9.53. The topological polar surface area (TPSA) is 57.5 Å². The van der Waals surface area contributed by atoms with Gasteiger partial charge in [0, 0.05) is 0 Å². The summed E-state index contributed by atoms with van der Waals surface area (Å²) < 4.78 is 0. The second-order valence-electron chi connectivity index (χ2n) is 7.95. The lowest BCUT2D eigenvalue weighted by atomic mass is 9.56. The van der Waals surface area contributed by atoms with Crippen molar-refractivity contribution in [1.29, 1.82) is 0 Å². The lowest BCUT2D eigenvalue weighted by molar-refractivity contribution is -0.0542. The van der Waals surface area contributed by atoms with Gasteiger partial charge in [0.05, 0.1) is 11.2 Å². The predicted octanol–water partition coefficient (Wildman–Crippen LogP) is 4.70. The highest BCUT2D eigenvalue weighted by Crippen LogP contribution is 2.54. The molecule has 1 saturated carbocycles. The van der Waals surface area contributed by atoms with Gasteiger partial charge >= 0.3 is 5.97 Å². The second-order valence-corrected chi connectivity index (χ2v) is 7.95. The monoisotopic (exact) mass is 330 g/mol. The lowest BCUT2D eigenvalue weighted by Gasteiger charge is -2.50. The van der Waals surface area contributed by atoms with E-state index in [1.54, 1.807) is 6.07 Å². The Bertz CT molecular complexity index is 624. The number of aromatic carboxylic acids is 1. The van der Waals surface area contributed by atoms with Crippen LogP contribution in [0.2, 0.25) is 0 Å².